The Bertz CT molecular complexity index is 729. The predicted octanol–water partition coefficient (Wildman–Crippen LogP) is 0.932. The second-order valence-corrected chi connectivity index (χ2v) is 4.69. The fourth-order valence-corrected chi connectivity index (χ4v) is 1.77. The van der Waals surface area contributed by atoms with Crippen LogP contribution in [0, 0.1) is 0 Å². The maximum atomic E-state index is 12.0. The molecule has 1 N–H and O–H groups in total. The summed E-state index contributed by atoms with van der Waals surface area (Å²) in [6.07, 6.45) is 2.78. The van der Waals surface area contributed by atoms with Crippen molar-refractivity contribution in [2.24, 2.45) is 7.05 Å². The van der Waals surface area contributed by atoms with E-state index in [1.54, 1.807) is 20.2 Å². The number of pyridine rings is 1. The summed E-state index contributed by atoms with van der Waals surface area (Å²) in [4.78, 5) is 37.3. The molecule has 110 valence electrons. The first-order valence-electron chi connectivity index (χ1n) is 6.17. The molecule has 21 heavy (non-hydrogen) atoms. The predicted molar refractivity (Wildman–Crippen MR) is 76.4 cm³/mol. The second-order valence-electron chi connectivity index (χ2n) is 4.69. The van der Waals surface area contributed by atoms with Crippen molar-refractivity contribution in [3.8, 4) is 0 Å². The van der Waals surface area contributed by atoms with E-state index in [0.717, 1.165) is 0 Å². The van der Waals surface area contributed by atoms with E-state index in [9.17, 15) is 14.4 Å². The Morgan fingerprint density at radius 1 is 1.33 bits per heavy atom. The number of anilines is 1. The van der Waals surface area contributed by atoms with Gasteiger partial charge in [0.1, 0.15) is 5.69 Å². The lowest BCUT2D eigenvalue weighted by Gasteiger charge is -2.12. The fraction of sp³-hybridized carbons (Fsp3) is 0.214. The van der Waals surface area contributed by atoms with Crippen molar-refractivity contribution in [1.29, 1.82) is 0 Å². The van der Waals surface area contributed by atoms with Gasteiger partial charge in [0.25, 0.3) is 17.4 Å². The molecule has 0 saturated carbocycles. The number of amides is 2. The van der Waals surface area contributed by atoms with Crippen LogP contribution in [0.15, 0.2) is 39.9 Å². The van der Waals surface area contributed by atoms with E-state index in [4.69, 9.17) is 4.42 Å². The van der Waals surface area contributed by atoms with Crippen LogP contribution in [0.4, 0.5) is 5.69 Å². The van der Waals surface area contributed by atoms with E-state index >= 15 is 0 Å². The summed E-state index contributed by atoms with van der Waals surface area (Å²) in [5.41, 5.74) is -0.0892. The van der Waals surface area contributed by atoms with Crippen molar-refractivity contribution in [2.45, 2.75) is 0 Å². The highest BCUT2D eigenvalue weighted by Gasteiger charge is 2.16. The molecule has 0 radical (unpaired) electrons. The number of carbonyl (C=O) groups is 2. The van der Waals surface area contributed by atoms with Crippen LogP contribution in [0.1, 0.15) is 20.9 Å². The average Bonchev–Trinajstić information content (AvgIpc) is 2.96. The molecule has 2 amide bonds. The Morgan fingerprint density at radius 3 is 2.62 bits per heavy atom. The van der Waals surface area contributed by atoms with Gasteiger partial charge in [0, 0.05) is 27.3 Å². The zero-order chi connectivity index (χ0) is 15.6. The Labute approximate surface area is 120 Å². The Kier molecular flexibility index (Phi) is 3.93. The van der Waals surface area contributed by atoms with Crippen molar-refractivity contribution >= 4 is 17.5 Å². The van der Waals surface area contributed by atoms with Crippen molar-refractivity contribution in [3.05, 3.63) is 52.3 Å². The summed E-state index contributed by atoms with van der Waals surface area (Å²) < 4.78 is 6.20. The quantitative estimate of drug-likeness (QED) is 0.911. The van der Waals surface area contributed by atoms with Crippen molar-refractivity contribution in [1.82, 2.24) is 9.47 Å². The van der Waals surface area contributed by atoms with Gasteiger partial charge in [0.15, 0.2) is 5.76 Å². The molecule has 2 aromatic rings. The standard InChI is InChI=1S/C14H15N3O4/c1-16(2)13(19)9-7-10(14(20)17(3)8-9)15-12(18)11-5-4-6-21-11/h4-8H,1-3H3,(H,15,18). The van der Waals surface area contributed by atoms with E-state index in [1.807, 2.05) is 0 Å². The van der Waals surface area contributed by atoms with Crippen LogP contribution in [0.2, 0.25) is 0 Å². The number of furan rings is 1. The van der Waals surface area contributed by atoms with Gasteiger partial charge in [-0.25, -0.2) is 0 Å². The number of hydrogen-bond acceptors (Lipinski definition) is 4. The minimum atomic E-state index is -0.549. The number of nitrogens with one attached hydrogen (secondary N) is 1. The van der Waals surface area contributed by atoms with Gasteiger partial charge in [-0.2, -0.15) is 0 Å². The summed E-state index contributed by atoms with van der Waals surface area (Å²) >= 11 is 0. The van der Waals surface area contributed by atoms with Gasteiger partial charge in [0.05, 0.1) is 11.8 Å². The Hall–Kier alpha value is -2.83. The minimum absolute atomic E-state index is 0.0200. The monoisotopic (exact) mass is 289 g/mol. The molecule has 0 fully saturated rings. The first-order chi connectivity index (χ1) is 9.90. The molecule has 2 rings (SSSR count). The lowest BCUT2D eigenvalue weighted by atomic mass is 10.2. The van der Waals surface area contributed by atoms with Crippen molar-refractivity contribution in [3.63, 3.8) is 0 Å². The highest BCUT2D eigenvalue weighted by Crippen LogP contribution is 2.09. The lowest BCUT2D eigenvalue weighted by Crippen LogP contribution is -2.28. The van der Waals surface area contributed by atoms with Gasteiger partial charge in [-0.3, -0.25) is 14.4 Å². The molecule has 0 aliphatic carbocycles. The zero-order valence-electron chi connectivity index (χ0n) is 11.9. The molecule has 7 heteroatoms. The Balaban J connectivity index is 2.37. The smallest absolute Gasteiger partial charge is 0.291 e. The molecular formula is C14H15N3O4. The highest BCUT2D eigenvalue weighted by molar-refractivity contribution is 6.03. The van der Waals surface area contributed by atoms with Crippen molar-refractivity contribution < 1.29 is 14.0 Å². The SMILES string of the molecule is CN(C)C(=O)c1cc(NC(=O)c2ccco2)c(=O)n(C)c1. The molecule has 0 spiro atoms. The van der Waals surface area contributed by atoms with Crippen LogP contribution >= 0.6 is 0 Å². The van der Waals surface area contributed by atoms with Crippen LogP contribution in [-0.2, 0) is 7.05 Å². The van der Waals surface area contributed by atoms with Crippen molar-refractivity contribution in [2.75, 3.05) is 19.4 Å². The van der Waals surface area contributed by atoms with Gasteiger partial charge < -0.3 is 19.2 Å². The molecule has 0 atom stereocenters. The van der Waals surface area contributed by atoms with Crippen LogP contribution in [0.5, 0.6) is 0 Å². The van der Waals surface area contributed by atoms with Gasteiger partial charge in [0.2, 0.25) is 0 Å². The number of aromatic nitrogens is 1. The highest BCUT2D eigenvalue weighted by atomic mass is 16.3. The first kappa shape index (κ1) is 14.6. The van der Waals surface area contributed by atoms with E-state index < -0.39 is 11.5 Å². The summed E-state index contributed by atoms with van der Waals surface area (Å²) in [5.74, 6) is -0.730. The summed E-state index contributed by atoms with van der Waals surface area (Å²) in [7, 11) is 4.72. The summed E-state index contributed by atoms with van der Waals surface area (Å²) in [6.45, 7) is 0. The maximum Gasteiger partial charge on any atom is 0.291 e. The molecule has 0 saturated heterocycles. The normalized spacial score (nSPS) is 10.2. The van der Waals surface area contributed by atoms with Gasteiger partial charge in [-0.1, -0.05) is 0 Å². The molecule has 0 aliphatic heterocycles. The molecule has 0 bridgehead atoms. The van der Waals surface area contributed by atoms with E-state index in [2.05, 4.69) is 5.32 Å². The molecule has 0 aliphatic rings. The fourth-order valence-electron chi connectivity index (χ4n) is 1.77. The molecular weight excluding hydrogens is 274 g/mol. The zero-order valence-corrected chi connectivity index (χ0v) is 11.9. The topological polar surface area (TPSA) is 84.6 Å². The largest absolute Gasteiger partial charge is 0.459 e. The molecule has 7 nitrogen and oxygen atoms in total. The number of rotatable bonds is 3. The Morgan fingerprint density at radius 2 is 2.05 bits per heavy atom. The third-order valence-electron chi connectivity index (χ3n) is 2.83. The van der Waals surface area contributed by atoms with Gasteiger partial charge >= 0.3 is 0 Å². The maximum absolute atomic E-state index is 12.0. The second kappa shape index (κ2) is 5.66. The molecule has 2 aromatic heterocycles. The third kappa shape index (κ3) is 3.02. The lowest BCUT2D eigenvalue weighted by molar-refractivity contribution is 0.0826. The van der Waals surface area contributed by atoms with Crippen LogP contribution in [0.3, 0.4) is 0 Å². The average molecular weight is 289 g/mol. The van der Waals surface area contributed by atoms with E-state index in [-0.39, 0.29) is 17.4 Å². The van der Waals surface area contributed by atoms with Crippen LogP contribution < -0.4 is 10.9 Å². The van der Waals surface area contributed by atoms with Crippen LogP contribution in [0.25, 0.3) is 0 Å². The molecule has 0 aromatic carbocycles. The molecule has 2 heterocycles. The molecule has 0 unspecified atom stereocenters. The first-order valence-corrected chi connectivity index (χ1v) is 6.17. The van der Waals surface area contributed by atoms with Crippen LogP contribution in [-0.4, -0.2) is 35.4 Å². The van der Waals surface area contributed by atoms with E-state index in [0.29, 0.717) is 5.56 Å². The number of nitrogens with zero attached hydrogens (tertiary/aromatic N) is 2. The minimum Gasteiger partial charge on any atom is -0.459 e. The summed E-state index contributed by atoms with van der Waals surface area (Å²) in [5, 5.41) is 2.45. The number of hydrogen-bond donors (Lipinski definition) is 1. The number of aryl methyl sites for hydroxylation is 1. The summed E-state index contributed by atoms with van der Waals surface area (Å²) in [6, 6.07) is 4.40. The third-order valence-corrected chi connectivity index (χ3v) is 2.83. The van der Waals surface area contributed by atoms with Gasteiger partial charge in [-0.15, -0.1) is 0 Å². The van der Waals surface area contributed by atoms with Gasteiger partial charge in [-0.05, 0) is 18.2 Å². The van der Waals surface area contributed by atoms with E-state index in [1.165, 1.54) is 41.1 Å². The number of carbonyl (C=O) groups excluding carboxylic acids is 2.